The van der Waals surface area contributed by atoms with E-state index >= 15 is 0 Å². The van der Waals surface area contributed by atoms with Gasteiger partial charge in [0.2, 0.25) is 0 Å². The number of thioether (sulfide) groups is 1. The molecule has 0 spiro atoms. The van der Waals surface area contributed by atoms with Crippen molar-refractivity contribution in [1.29, 1.82) is 0 Å². The monoisotopic (exact) mass is 369 g/mol. The topological polar surface area (TPSA) is 49.0 Å². The number of benzene rings is 1. The first-order valence-electron chi connectivity index (χ1n) is 8.36. The number of thiophene rings is 1. The van der Waals surface area contributed by atoms with E-state index in [1.807, 2.05) is 53.1 Å². The molecule has 0 saturated carbocycles. The molecule has 3 aromatic rings. The number of aromatic amines is 1. The second-order valence-electron chi connectivity index (χ2n) is 5.99. The van der Waals surface area contributed by atoms with Crippen LogP contribution in [0.2, 0.25) is 0 Å². The van der Waals surface area contributed by atoms with Gasteiger partial charge in [0.1, 0.15) is 5.69 Å². The summed E-state index contributed by atoms with van der Waals surface area (Å²) >= 11 is 3.76. The molecule has 1 unspecified atom stereocenters. The Bertz CT molecular complexity index is 829. The molecule has 1 aliphatic heterocycles. The predicted octanol–water partition coefficient (Wildman–Crippen LogP) is 4.46. The summed E-state index contributed by atoms with van der Waals surface area (Å²) in [6.45, 7) is 1.57. The minimum absolute atomic E-state index is 0.0436. The molecule has 6 heteroatoms. The molecule has 4 nitrogen and oxygen atoms in total. The molecule has 25 heavy (non-hydrogen) atoms. The number of rotatable bonds is 3. The maximum absolute atomic E-state index is 12.8. The number of amides is 1. The molecule has 2 aromatic heterocycles. The molecular weight excluding hydrogens is 350 g/mol. The first kappa shape index (κ1) is 16.4. The van der Waals surface area contributed by atoms with Crippen molar-refractivity contribution in [1.82, 2.24) is 15.1 Å². The van der Waals surface area contributed by atoms with Crippen molar-refractivity contribution in [2.45, 2.75) is 11.7 Å². The molecule has 4 rings (SSSR count). The average Bonchev–Trinajstić information content (AvgIpc) is 3.30. The number of nitrogens with zero attached hydrogens (tertiary/aromatic N) is 2. The molecule has 1 fully saturated rings. The van der Waals surface area contributed by atoms with Crippen LogP contribution in [0.25, 0.3) is 11.3 Å². The van der Waals surface area contributed by atoms with Crippen molar-refractivity contribution in [3.63, 3.8) is 0 Å². The number of aromatic nitrogens is 2. The third kappa shape index (κ3) is 3.65. The van der Waals surface area contributed by atoms with Crippen LogP contribution in [-0.2, 0) is 0 Å². The van der Waals surface area contributed by atoms with E-state index in [4.69, 9.17) is 0 Å². The van der Waals surface area contributed by atoms with Crippen LogP contribution in [0, 0.1) is 0 Å². The van der Waals surface area contributed by atoms with E-state index in [9.17, 15) is 4.79 Å². The molecular formula is C19H19N3OS2. The van der Waals surface area contributed by atoms with Gasteiger partial charge in [0.25, 0.3) is 5.91 Å². The van der Waals surface area contributed by atoms with Crippen molar-refractivity contribution in [3.05, 3.63) is 64.5 Å². The molecule has 128 valence electrons. The summed E-state index contributed by atoms with van der Waals surface area (Å²) in [7, 11) is 0. The first-order chi connectivity index (χ1) is 12.3. The number of nitrogens with one attached hydrogen (secondary N) is 1. The Morgan fingerprint density at radius 3 is 2.84 bits per heavy atom. The van der Waals surface area contributed by atoms with Crippen molar-refractivity contribution in [2.24, 2.45) is 0 Å². The average molecular weight is 370 g/mol. The highest BCUT2D eigenvalue weighted by Gasteiger charge is 2.24. The van der Waals surface area contributed by atoms with Gasteiger partial charge in [-0.3, -0.25) is 9.89 Å². The highest BCUT2D eigenvalue weighted by Crippen LogP contribution is 2.36. The number of hydrogen-bond acceptors (Lipinski definition) is 4. The predicted molar refractivity (Wildman–Crippen MR) is 104 cm³/mol. The molecule has 1 aromatic carbocycles. The third-order valence-corrected chi connectivity index (χ3v) is 6.81. The van der Waals surface area contributed by atoms with E-state index in [1.165, 1.54) is 4.88 Å². The van der Waals surface area contributed by atoms with E-state index in [1.54, 1.807) is 11.3 Å². The lowest BCUT2D eigenvalue weighted by molar-refractivity contribution is 0.0761. The van der Waals surface area contributed by atoms with Gasteiger partial charge < -0.3 is 4.90 Å². The van der Waals surface area contributed by atoms with Crippen LogP contribution in [-0.4, -0.2) is 39.8 Å². The standard InChI is InChI=1S/C19H19N3OS2/c23-19(16-13-15(20-21-16)14-5-2-1-3-6-14)22-9-8-18(25-12-10-22)17-7-4-11-24-17/h1-7,11,13,18H,8-10,12H2,(H,20,21). The molecule has 3 heterocycles. The zero-order chi connectivity index (χ0) is 17.1. The zero-order valence-corrected chi connectivity index (χ0v) is 15.4. The molecule has 0 aliphatic carbocycles. The second kappa shape index (κ2) is 7.45. The lowest BCUT2D eigenvalue weighted by atomic mass is 10.1. The summed E-state index contributed by atoms with van der Waals surface area (Å²) in [5.74, 6) is 1.01. The van der Waals surface area contributed by atoms with E-state index in [0.717, 1.165) is 36.5 Å². The van der Waals surface area contributed by atoms with Crippen LogP contribution in [0.3, 0.4) is 0 Å². The quantitative estimate of drug-likeness (QED) is 0.741. The van der Waals surface area contributed by atoms with E-state index < -0.39 is 0 Å². The van der Waals surface area contributed by atoms with Gasteiger partial charge in [0.05, 0.1) is 5.69 Å². The summed E-state index contributed by atoms with van der Waals surface area (Å²) in [5.41, 5.74) is 2.39. The van der Waals surface area contributed by atoms with Gasteiger partial charge in [-0.05, 0) is 23.9 Å². The lowest BCUT2D eigenvalue weighted by Gasteiger charge is -2.19. The number of carbonyl (C=O) groups is 1. The Morgan fingerprint density at radius 1 is 1.16 bits per heavy atom. The normalized spacial score (nSPS) is 18.1. The molecule has 0 bridgehead atoms. The van der Waals surface area contributed by atoms with Crippen LogP contribution < -0.4 is 0 Å². The van der Waals surface area contributed by atoms with Crippen molar-refractivity contribution < 1.29 is 4.79 Å². The Kier molecular flexibility index (Phi) is 4.90. The minimum Gasteiger partial charge on any atom is -0.336 e. The van der Waals surface area contributed by atoms with E-state index in [2.05, 4.69) is 27.7 Å². The van der Waals surface area contributed by atoms with Gasteiger partial charge in [0.15, 0.2) is 0 Å². The Morgan fingerprint density at radius 2 is 2.04 bits per heavy atom. The molecule has 0 radical (unpaired) electrons. The second-order valence-corrected chi connectivity index (χ2v) is 8.28. The fourth-order valence-corrected chi connectivity index (χ4v) is 5.27. The van der Waals surface area contributed by atoms with Gasteiger partial charge in [-0.1, -0.05) is 36.4 Å². The zero-order valence-electron chi connectivity index (χ0n) is 13.7. The van der Waals surface area contributed by atoms with Gasteiger partial charge in [-0.2, -0.15) is 16.9 Å². The van der Waals surface area contributed by atoms with Gasteiger partial charge in [-0.25, -0.2) is 0 Å². The summed E-state index contributed by atoms with van der Waals surface area (Å²) in [5, 5.41) is 9.84. The number of H-pyrrole nitrogens is 1. The Labute approximate surface area is 155 Å². The van der Waals surface area contributed by atoms with Crippen LogP contribution in [0.5, 0.6) is 0 Å². The van der Waals surface area contributed by atoms with Crippen molar-refractivity contribution >= 4 is 29.0 Å². The maximum atomic E-state index is 12.8. The fraction of sp³-hybridized carbons (Fsp3) is 0.263. The van der Waals surface area contributed by atoms with Crippen LogP contribution in [0.4, 0.5) is 0 Å². The smallest absolute Gasteiger partial charge is 0.271 e. The molecule has 1 N–H and O–H groups in total. The fourth-order valence-electron chi connectivity index (χ4n) is 3.03. The largest absolute Gasteiger partial charge is 0.336 e. The summed E-state index contributed by atoms with van der Waals surface area (Å²) < 4.78 is 0. The Hall–Kier alpha value is -2.05. The molecule has 1 atom stereocenters. The van der Waals surface area contributed by atoms with E-state index in [-0.39, 0.29) is 5.91 Å². The van der Waals surface area contributed by atoms with Crippen LogP contribution >= 0.6 is 23.1 Å². The Balaban J connectivity index is 1.45. The SMILES string of the molecule is O=C(c1cc(-c2ccccc2)n[nH]1)N1CCSC(c2cccs2)CC1. The first-order valence-corrected chi connectivity index (χ1v) is 10.3. The van der Waals surface area contributed by atoms with Crippen molar-refractivity contribution in [3.8, 4) is 11.3 Å². The number of carbonyl (C=O) groups excluding carboxylic acids is 1. The van der Waals surface area contributed by atoms with Gasteiger partial charge in [-0.15, -0.1) is 11.3 Å². The van der Waals surface area contributed by atoms with Gasteiger partial charge in [0, 0.05) is 34.5 Å². The van der Waals surface area contributed by atoms with Crippen molar-refractivity contribution in [2.75, 3.05) is 18.8 Å². The minimum atomic E-state index is 0.0436. The summed E-state index contributed by atoms with van der Waals surface area (Å²) in [4.78, 5) is 16.2. The van der Waals surface area contributed by atoms with Gasteiger partial charge >= 0.3 is 0 Å². The lowest BCUT2D eigenvalue weighted by Crippen LogP contribution is -2.33. The highest BCUT2D eigenvalue weighted by molar-refractivity contribution is 7.99. The van der Waals surface area contributed by atoms with Crippen LogP contribution in [0.1, 0.15) is 27.0 Å². The number of hydrogen-bond donors (Lipinski definition) is 1. The van der Waals surface area contributed by atoms with Crippen LogP contribution in [0.15, 0.2) is 53.9 Å². The summed E-state index contributed by atoms with van der Waals surface area (Å²) in [6.07, 6.45) is 0.997. The molecule has 1 aliphatic rings. The maximum Gasteiger partial charge on any atom is 0.271 e. The highest BCUT2D eigenvalue weighted by atomic mass is 32.2. The molecule has 1 saturated heterocycles. The third-order valence-electron chi connectivity index (χ3n) is 4.37. The summed E-state index contributed by atoms with van der Waals surface area (Å²) in [6, 6.07) is 16.1. The van der Waals surface area contributed by atoms with E-state index in [0.29, 0.717) is 10.9 Å². The molecule has 1 amide bonds.